The van der Waals surface area contributed by atoms with Crippen LogP contribution in [0.15, 0.2) is 17.2 Å². The van der Waals surface area contributed by atoms with Gasteiger partial charge in [-0.05, 0) is 25.2 Å². The van der Waals surface area contributed by atoms with E-state index in [4.69, 9.17) is 14.2 Å². The SMILES string of the molecule is CCOC(=O)c1ncc(C2OCCCO2)cc1SCC. The van der Waals surface area contributed by atoms with Crippen LogP contribution in [0.2, 0.25) is 0 Å². The Morgan fingerprint density at radius 3 is 2.85 bits per heavy atom. The van der Waals surface area contributed by atoms with Crippen molar-refractivity contribution in [1.29, 1.82) is 0 Å². The average Bonchev–Trinajstić information content (AvgIpc) is 2.48. The highest BCUT2D eigenvalue weighted by Crippen LogP contribution is 2.28. The van der Waals surface area contributed by atoms with Gasteiger partial charge in [-0.1, -0.05) is 6.92 Å². The van der Waals surface area contributed by atoms with Crippen LogP contribution in [0.1, 0.15) is 42.6 Å². The summed E-state index contributed by atoms with van der Waals surface area (Å²) < 4.78 is 16.1. The fourth-order valence-corrected chi connectivity index (χ4v) is 2.69. The maximum atomic E-state index is 11.9. The van der Waals surface area contributed by atoms with Gasteiger partial charge in [-0.2, -0.15) is 0 Å². The van der Waals surface area contributed by atoms with Crippen LogP contribution in [0, 0.1) is 0 Å². The number of carbonyl (C=O) groups is 1. The summed E-state index contributed by atoms with van der Waals surface area (Å²) in [7, 11) is 0. The van der Waals surface area contributed by atoms with Gasteiger partial charge in [-0.3, -0.25) is 0 Å². The quantitative estimate of drug-likeness (QED) is 0.615. The maximum absolute atomic E-state index is 11.9. The van der Waals surface area contributed by atoms with E-state index in [1.165, 1.54) is 0 Å². The molecule has 0 unspecified atom stereocenters. The second-order valence-electron chi connectivity index (χ2n) is 4.20. The first-order valence-corrected chi connectivity index (χ1v) is 7.77. The Balaban J connectivity index is 2.23. The van der Waals surface area contributed by atoms with E-state index in [0.717, 1.165) is 22.6 Å². The van der Waals surface area contributed by atoms with Gasteiger partial charge in [0.25, 0.3) is 0 Å². The van der Waals surface area contributed by atoms with Gasteiger partial charge in [0.05, 0.1) is 19.8 Å². The molecule has 110 valence electrons. The zero-order valence-corrected chi connectivity index (χ0v) is 12.6. The number of rotatable bonds is 5. The predicted molar refractivity (Wildman–Crippen MR) is 75.9 cm³/mol. The smallest absolute Gasteiger partial charge is 0.358 e. The Morgan fingerprint density at radius 1 is 1.45 bits per heavy atom. The van der Waals surface area contributed by atoms with Crippen molar-refractivity contribution in [2.75, 3.05) is 25.6 Å². The largest absolute Gasteiger partial charge is 0.461 e. The highest BCUT2D eigenvalue weighted by Gasteiger charge is 2.21. The van der Waals surface area contributed by atoms with E-state index in [9.17, 15) is 4.79 Å². The molecule has 0 amide bonds. The fourth-order valence-electron chi connectivity index (χ4n) is 1.89. The number of ether oxygens (including phenoxy) is 3. The highest BCUT2D eigenvalue weighted by atomic mass is 32.2. The van der Waals surface area contributed by atoms with Gasteiger partial charge in [0.15, 0.2) is 12.0 Å². The second-order valence-corrected chi connectivity index (χ2v) is 5.50. The lowest BCUT2D eigenvalue weighted by Crippen LogP contribution is -2.18. The van der Waals surface area contributed by atoms with Gasteiger partial charge < -0.3 is 14.2 Å². The molecule has 6 heteroatoms. The van der Waals surface area contributed by atoms with E-state index in [1.807, 2.05) is 13.0 Å². The Kier molecular flexibility index (Phi) is 5.82. The van der Waals surface area contributed by atoms with E-state index in [2.05, 4.69) is 4.98 Å². The predicted octanol–water partition coefficient (Wildman–Crippen LogP) is 2.81. The lowest BCUT2D eigenvalue weighted by molar-refractivity contribution is -0.183. The minimum Gasteiger partial charge on any atom is -0.461 e. The molecule has 5 nitrogen and oxygen atoms in total. The molecule has 0 aromatic carbocycles. The molecule has 1 aromatic rings. The molecule has 0 atom stereocenters. The van der Waals surface area contributed by atoms with Crippen LogP contribution in [0.25, 0.3) is 0 Å². The summed E-state index contributed by atoms with van der Waals surface area (Å²) in [6.07, 6.45) is 2.15. The molecular formula is C14H19NO4S. The molecule has 1 saturated heterocycles. The van der Waals surface area contributed by atoms with Crippen molar-refractivity contribution in [3.05, 3.63) is 23.5 Å². The lowest BCUT2D eigenvalue weighted by atomic mass is 10.2. The topological polar surface area (TPSA) is 57.7 Å². The minimum atomic E-state index is -0.388. The fraction of sp³-hybridized carbons (Fsp3) is 0.571. The normalized spacial score (nSPS) is 16.1. The molecule has 0 spiro atoms. The van der Waals surface area contributed by atoms with Crippen molar-refractivity contribution in [1.82, 2.24) is 4.98 Å². The lowest BCUT2D eigenvalue weighted by Gasteiger charge is -2.23. The van der Waals surface area contributed by atoms with Crippen molar-refractivity contribution in [3.63, 3.8) is 0 Å². The summed E-state index contributed by atoms with van der Waals surface area (Å²) in [5.74, 6) is 0.463. The first-order chi connectivity index (χ1) is 9.76. The molecule has 2 heterocycles. The van der Waals surface area contributed by atoms with Crippen LogP contribution in [0.3, 0.4) is 0 Å². The van der Waals surface area contributed by atoms with E-state index >= 15 is 0 Å². The molecule has 2 rings (SSSR count). The van der Waals surface area contributed by atoms with Crippen LogP contribution >= 0.6 is 11.8 Å². The monoisotopic (exact) mass is 297 g/mol. The third kappa shape index (κ3) is 3.71. The standard InChI is InChI=1S/C14H19NO4S/c1-3-17-13(16)12-11(20-4-2)8-10(9-15-12)14-18-6-5-7-19-14/h8-9,14H,3-7H2,1-2H3. The second kappa shape index (κ2) is 7.61. The van der Waals surface area contributed by atoms with E-state index in [-0.39, 0.29) is 12.3 Å². The van der Waals surface area contributed by atoms with Gasteiger partial charge in [-0.25, -0.2) is 9.78 Å². The average molecular weight is 297 g/mol. The summed E-state index contributed by atoms with van der Waals surface area (Å²) in [5, 5.41) is 0. The Hall–Kier alpha value is -1.11. The summed E-state index contributed by atoms with van der Waals surface area (Å²) in [5.41, 5.74) is 1.20. The van der Waals surface area contributed by atoms with Gasteiger partial charge >= 0.3 is 5.97 Å². The summed E-state index contributed by atoms with van der Waals surface area (Å²) in [4.78, 5) is 16.9. The number of hydrogen-bond acceptors (Lipinski definition) is 6. The summed E-state index contributed by atoms with van der Waals surface area (Å²) in [6, 6.07) is 1.91. The molecule has 1 aliphatic heterocycles. The van der Waals surface area contributed by atoms with Crippen molar-refractivity contribution < 1.29 is 19.0 Å². The zero-order chi connectivity index (χ0) is 14.4. The number of pyridine rings is 1. The van der Waals surface area contributed by atoms with Crippen molar-refractivity contribution in [2.45, 2.75) is 31.5 Å². The first kappa shape index (κ1) is 15.3. The van der Waals surface area contributed by atoms with Crippen LogP contribution in [-0.4, -0.2) is 36.5 Å². The minimum absolute atomic E-state index is 0.341. The van der Waals surface area contributed by atoms with Gasteiger partial charge in [0.2, 0.25) is 0 Å². The number of hydrogen-bond donors (Lipinski definition) is 0. The van der Waals surface area contributed by atoms with E-state index in [0.29, 0.717) is 25.5 Å². The van der Waals surface area contributed by atoms with Gasteiger partial charge in [0.1, 0.15) is 0 Å². The third-order valence-corrected chi connectivity index (χ3v) is 3.65. The number of aromatic nitrogens is 1. The molecular weight excluding hydrogens is 278 g/mol. The number of nitrogens with zero attached hydrogens (tertiary/aromatic N) is 1. The Labute approximate surface area is 123 Å². The van der Waals surface area contributed by atoms with Crippen LogP contribution in [-0.2, 0) is 14.2 Å². The zero-order valence-electron chi connectivity index (χ0n) is 11.8. The van der Waals surface area contributed by atoms with E-state index in [1.54, 1.807) is 24.9 Å². The van der Waals surface area contributed by atoms with Crippen molar-refractivity contribution in [3.8, 4) is 0 Å². The number of esters is 1. The van der Waals surface area contributed by atoms with Gasteiger partial charge in [0, 0.05) is 16.7 Å². The Morgan fingerprint density at radius 2 is 2.20 bits per heavy atom. The van der Waals surface area contributed by atoms with Crippen LogP contribution in [0.4, 0.5) is 0 Å². The van der Waals surface area contributed by atoms with Crippen molar-refractivity contribution >= 4 is 17.7 Å². The first-order valence-electron chi connectivity index (χ1n) is 6.79. The Bertz CT molecular complexity index is 460. The molecule has 0 bridgehead atoms. The third-order valence-electron chi connectivity index (χ3n) is 2.74. The molecule has 0 radical (unpaired) electrons. The van der Waals surface area contributed by atoms with Crippen LogP contribution < -0.4 is 0 Å². The molecule has 20 heavy (non-hydrogen) atoms. The van der Waals surface area contributed by atoms with E-state index < -0.39 is 0 Å². The number of carbonyl (C=O) groups excluding carboxylic acids is 1. The summed E-state index contributed by atoms with van der Waals surface area (Å²) >= 11 is 1.56. The maximum Gasteiger partial charge on any atom is 0.358 e. The van der Waals surface area contributed by atoms with Gasteiger partial charge in [-0.15, -0.1) is 11.8 Å². The highest BCUT2D eigenvalue weighted by molar-refractivity contribution is 7.99. The summed E-state index contributed by atoms with van der Waals surface area (Å²) in [6.45, 7) is 5.51. The molecule has 0 N–H and O–H groups in total. The molecule has 0 saturated carbocycles. The number of thioether (sulfide) groups is 1. The molecule has 1 fully saturated rings. The van der Waals surface area contributed by atoms with Crippen molar-refractivity contribution in [2.24, 2.45) is 0 Å². The van der Waals surface area contributed by atoms with Crippen LogP contribution in [0.5, 0.6) is 0 Å². The molecule has 1 aromatic heterocycles. The molecule has 1 aliphatic rings. The molecule has 0 aliphatic carbocycles.